The highest BCUT2D eigenvalue weighted by molar-refractivity contribution is 7.99. The van der Waals surface area contributed by atoms with Crippen molar-refractivity contribution in [3.8, 4) is 0 Å². The van der Waals surface area contributed by atoms with Crippen molar-refractivity contribution in [3.63, 3.8) is 0 Å². The molecular weight excluding hydrogens is 402 g/mol. The molecule has 0 radical (unpaired) electrons. The standard InChI is InChI=1S/C21H23N5O3S/c1-15(27)24-11-19-13-26(21(28)29-19)18-5-3-16(4-6-18)17-7-10-25(12-17)14-30-20-22-8-2-9-23-20/h2-9,19H,10-14H2,1H3,(H,24,27)/t19-/m0/s1. The maximum Gasteiger partial charge on any atom is 0.414 e. The van der Waals surface area contributed by atoms with E-state index in [4.69, 9.17) is 4.74 Å². The van der Waals surface area contributed by atoms with Crippen LogP contribution in [0.25, 0.3) is 5.57 Å². The molecule has 2 aliphatic rings. The topological polar surface area (TPSA) is 87.7 Å². The van der Waals surface area contributed by atoms with Gasteiger partial charge in [-0.1, -0.05) is 30.0 Å². The number of aromatic nitrogens is 2. The molecule has 1 aromatic carbocycles. The average Bonchev–Trinajstić information content (AvgIpc) is 3.38. The van der Waals surface area contributed by atoms with Gasteiger partial charge >= 0.3 is 6.09 Å². The second-order valence-electron chi connectivity index (χ2n) is 7.15. The van der Waals surface area contributed by atoms with Gasteiger partial charge in [0.2, 0.25) is 5.91 Å². The lowest BCUT2D eigenvalue weighted by Gasteiger charge is -2.16. The summed E-state index contributed by atoms with van der Waals surface area (Å²) >= 11 is 1.63. The van der Waals surface area contributed by atoms with Crippen LogP contribution in [0.2, 0.25) is 0 Å². The predicted molar refractivity (Wildman–Crippen MR) is 115 cm³/mol. The molecule has 8 nitrogen and oxygen atoms in total. The van der Waals surface area contributed by atoms with Crippen LogP contribution < -0.4 is 10.2 Å². The maximum atomic E-state index is 12.2. The van der Waals surface area contributed by atoms with Gasteiger partial charge in [-0.05, 0) is 29.3 Å². The minimum absolute atomic E-state index is 0.137. The Labute approximate surface area is 179 Å². The summed E-state index contributed by atoms with van der Waals surface area (Å²) in [5.74, 6) is 0.694. The molecule has 4 rings (SSSR count). The van der Waals surface area contributed by atoms with Gasteiger partial charge in [0.15, 0.2) is 5.16 Å². The van der Waals surface area contributed by atoms with Gasteiger partial charge in [0, 0.05) is 38.1 Å². The Kier molecular flexibility index (Phi) is 6.29. The molecule has 1 aromatic heterocycles. The number of cyclic esters (lactones) is 1. The molecular formula is C21H23N5O3S. The Morgan fingerprint density at radius 1 is 1.27 bits per heavy atom. The van der Waals surface area contributed by atoms with E-state index in [1.807, 2.05) is 30.3 Å². The van der Waals surface area contributed by atoms with Crippen molar-refractivity contribution < 1.29 is 14.3 Å². The Hall–Kier alpha value is -2.91. The zero-order chi connectivity index (χ0) is 20.9. The normalized spacial score (nSPS) is 19.0. The quantitative estimate of drug-likeness (QED) is 0.538. The molecule has 0 unspecified atom stereocenters. The van der Waals surface area contributed by atoms with Crippen molar-refractivity contribution in [2.45, 2.75) is 18.2 Å². The fourth-order valence-corrected chi connectivity index (χ4v) is 4.14. The van der Waals surface area contributed by atoms with Crippen molar-refractivity contribution in [1.82, 2.24) is 20.2 Å². The number of amides is 2. The summed E-state index contributed by atoms with van der Waals surface area (Å²) in [4.78, 5) is 35.6. The number of carbonyl (C=O) groups excluding carboxylic acids is 2. The van der Waals surface area contributed by atoms with Crippen molar-refractivity contribution in [1.29, 1.82) is 0 Å². The molecule has 0 aliphatic carbocycles. The molecule has 0 spiro atoms. The Morgan fingerprint density at radius 2 is 2.03 bits per heavy atom. The molecule has 2 aliphatic heterocycles. The van der Waals surface area contributed by atoms with Gasteiger partial charge in [0.1, 0.15) is 6.10 Å². The van der Waals surface area contributed by atoms with E-state index in [0.29, 0.717) is 13.1 Å². The first-order valence-corrected chi connectivity index (χ1v) is 10.7. The smallest absolute Gasteiger partial charge is 0.414 e. The maximum absolute atomic E-state index is 12.2. The second-order valence-corrected chi connectivity index (χ2v) is 8.06. The molecule has 156 valence electrons. The van der Waals surface area contributed by atoms with Gasteiger partial charge < -0.3 is 10.1 Å². The molecule has 1 atom stereocenters. The molecule has 3 heterocycles. The number of benzene rings is 1. The summed E-state index contributed by atoms with van der Waals surface area (Å²) < 4.78 is 5.33. The summed E-state index contributed by atoms with van der Waals surface area (Å²) in [6.07, 6.45) is 5.02. The molecule has 2 amide bonds. The Bertz CT molecular complexity index is 935. The number of hydrogen-bond donors (Lipinski definition) is 1. The first kappa shape index (κ1) is 20.4. The van der Waals surface area contributed by atoms with Crippen molar-refractivity contribution in [3.05, 3.63) is 54.4 Å². The molecule has 0 bridgehead atoms. The number of nitrogens with zero attached hydrogens (tertiary/aromatic N) is 4. The number of rotatable bonds is 7. The van der Waals surface area contributed by atoms with Crippen LogP contribution in [0.5, 0.6) is 0 Å². The number of thioether (sulfide) groups is 1. The number of carbonyl (C=O) groups is 2. The van der Waals surface area contributed by atoms with Gasteiger partial charge in [-0.3, -0.25) is 14.6 Å². The second kappa shape index (κ2) is 9.27. The summed E-state index contributed by atoms with van der Waals surface area (Å²) in [5.41, 5.74) is 3.20. The molecule has 2 aromatic rings. The third-order valence-electron chi connectivity index (χ3n) is 4.91. The van der Waals surface area contributed by atoms with Crippen LogP contribution >= 0.6 is 11.8 Å². The lowest BCUT2D eigenvalue weighted by atomic mass is 10.1. The third-order valence-corrected chi connectivity index (χ3v) is 5.87. The molecule has 9 heteroatoms. The summed E-state index contributed by atoms with van der Waals surface area (Å²) in [7, 11) is 0. The van der Waals surface area contributed by atoms with Crippen LogP contribution in [-0.2, 0) is 9.53 Å². The first-order chi connectivity index (χ1) is 14.6. The largest absolute Gasteiger partial charge is 0.442 e. The highest BCUT2D eigenvalue weighted by Gasteiger charge is 2.32. The summed E-state index contributed by atoms with van der Waals surface area (Å²) in [6, 6.07) is 9.76. The number of ether oxygens (including phenoxy) is 1. The summed E-state index contributed by atoms with van der Waals surface area (Å²) in [5, 5.41) is 3.47. The lowest BCUT2D eigenvalue weighted by molar-refractivity contribution is -0.119. The van der Waals surface area contributed by atoms with E-state index in [2.05, 4.69) is 26.3 Å². The van der Waals surface area contributed by atoms with E-state index in [0.717, 1.165) is 35.4 Å². The minimum atomic E-state index is -0.385. The summed E-state index contributed by atoms with van der Waals surface area (Å²) in [6.45, 7) is 3.95. The highest BCUT2D eigenvalue weighted by Crippen LogP contribution is 2.27. The zero-order valence-corrected chi connectivity index (χ0v) is 17.5. The van der Waals surface area contributed by atoms with Crippen LogP contribution in [0.4, 0.5) is 10.5 Å². The van der Waals surface area contributed by atoms with Crippen LogP contribution in [0.3, 0.4) is 0 Å². The van der Waals surface area contributed by atoms with Crippen molar-refractivity contribution in [2.24, 2.45) is 0 Å². The van der Waals surface area contributed by atoms with Gasteiger partial charge in [0.05, 0.1) is 19.0 Å². The van der Waals surface area contributed by atoms with Gasteiger partial charge in [-0.15, -0.1) is 0 Å². The Morgan fingerprint density at radius 3 is 2.77 bits per heavy atom. The van der Waals surface area contributed by atoms with Gasteiger partial charge in [-0.25, -0.2) is 14.8 Å². The minimum Gasteiger partial charge on any atom is -0.442 e. The molecule has 0 saturated carbocycles. The Balaban J connectivity index is 1.31. The lowest BCUT2D eigenvalue weighted by Crippen LogP contribution is -2.33. The number of anilines is 1. The van der Waals surface area contributed by atoms with Gasteiger partial charge in [-0.2, -0.15) is 0 Å². The number of hydrogen-bond acceptors (Lipinski definition) is 7. The zero-order valence-electron chi connectivity index (χ0n) is 16.7. The van der Waals surface area contributed by atoms with Crippen molar-refractivity contribution in [2.75, 3.05) is 37.0 Å². The van der Waals surface area contributed by atoms with Crippen LogP contribution in [0.1, 0.15) is 12.5 Å². The van der Waals surface area contributed by atoms with Crippen LogP contribution in [-0.4, -0.2) is 65.0 Å². The van der Waals surface area contributed by atoms with E-state index in [9.17, 15) is 9.59 Å². The average molecular weight is 426 g/mol. The molecule has 1 N–H and O–H groups in total. The third kappa shape index (κ3) is 4.98. The van der Waals surface area contributed by atoms with Gasteiger partial charge in [0.25, 0.3) is 0 Å². The predicted octanol–water partition coefficient (Wildman–Crippen LogP) is 2.39. The van der Waals surface area contributed by atoms with E-state index >= 15 is 0 Å². The molecule has 1 fully saturated rings. The van der Waals surface area contributed by atoms with Crippen molar-refractivity contribution >= 4 is 35.0 Å². The highest BCUT2D eigenvalue weighted by atomic mass is 32.2. The first-order valence-electron chi connectivity index (χ1n) is 9.73. The van der Waals surface area contributed by atoms with Crippen LogP contribution in [0.15, 0.2) is 54.0 Å². The van der Waals surface area contributed by atoms with E-state index in [1.54, 1.807) is 29.1 Å². The molecule has 30 heavy (non-hydrogen) atoms. The van der Waals surface area contributed by atoms with E-state index < -0.39 is 0 Å². The fraction of sp³-hybridized carbons (Fsp3) is 0.333. The molecule has 1 saturated heterocycles. The van der Waals surface area contributed by atoms with E-state index in [-0.39, 0.29) is 18.1 Å². The fourth-order valence-electron chi connectivity index (χ4n) is 3.38. The van der Waals surface area contributed by atoms with Crippen LogP contribution in [0, 0.1) is 0 Å². The monoisotopic (exact) mass is 425 g/mol. The SMILES string of the molecule is CC(=O)NC[C@H]1CN(c2ccc(C3=CCN(CSc4ncccn4)C3)cc2)C(=O)O1. The van der Waals surface area contributed by atoms with E-state index in [1.165, 1.54) is 12.5 Å². The number of nitrogens with one attached hydrogen (secondary N) is 1.